The van der Waals surface area contributed by atoms with Gasteiger partial charge in [0.1, 0.15) is 0 Å². The lowest BCUT2D eigenvalue weighted by Crippen LogP contribution is -2.36. The van der Waals surface area contributed by atoms with Crippen molar-refractivity contribution in [2.24, 2.45) is 7.05 Å². The number of hydrogen-bond acceptors (Lipinski definition) is 6. The number of aromatic amines is 1. The van der Waals surface area contributed by atoms with Gasteiger partial charge in [-0.15, -0.1) is 0 Å². The number of pyridine rings is 1. The van der Waals surface area contributed by atoms with E-state index in [0.717, 1.165) is 76.9 Å². The van der Waals surface area contributed by atoms with Crippen molar-refractivity contribution in [3.63, 3.8) is 0 Å². The molecule has 13 heteroatoms. The molecule has 0 amide bonds. The van der Waals surface area contributed by atoms with E-state index in [-0.39, 0.29) is 11.7 Å². The van der Waals surface area contributed by atoms with Gasteiger partial charge in [-0.05, 0) is 42.2 Å². The number of nitrogens with two attached hydrogens (primary N) is 1. The number of halogens is 3. The van der Waals surface area contributed by atoms with E-state index in [4.69, 9.17) is 20.6 Å². The van der Waals surface area contributed by atoms with Crippen LogP contribution in [0.4, 0.5) is 19.0 Å². The molecule has 3 aromatic heterocycles. The molecule has 10 nitrogen and oxygen atoms in total. The highest BCUT2D eigenvalue weighted by molar-refractivity contribution is 5.95. The molecule has 3 aromatic carbocycles. The number of alkyl halides is 3. The number of nitrogens with one attached hydrogen (secondary N) is 1. The maximum atomic E-state index is 12.6. The van der Waals surface area contributed by atoms with Gasteiger partial charge in [0.15, 0.2) is 11.5 Å². The maximum Gasteiger partial charge on any atom is 0.490 e. The molecule has 0 atom stereocenters. The van der Waals surface area contributed by atoms with Crippen LogP contribution >= 0.6 is 0 Å². The number of aliphatic carboxylic acids is 1. The molecule has 47 heavy (non-hydrogen) atoms. The van der Waals surface area contributed by atoms with Gasteiger partial charge in [0, 0.05) is 43.9 Å². The monoisotopic (exact) mass is 643 g/mol. The highest BCUT2D eigenvalue weighted by atomic mass is 19.4. The first kappa shape index (κ1) is 31.5. The van der Waals surface area contributed by atoms with Gasteiger partial charge >= 0.3 is 17.8 Å². The number of para-hydroxylation sites is 2. The van der Waals surface area contributed by atoms with Crippen molar-refractivity contribution in [2.75, 3.05) is 18.8 Å². The van der Waals surface area contributed by atoms with Crippen molar-refractivity contribution >= 4 is 33.9 Å². The number of aromatic nitrogens is 5. The minimum atomic E-state index is -5.08. The fourth-order valence-electron chi connectivity index (χ4n) is 6.06. The first-order chi connectivity index (χ1) is 22.5. The lowest BCUT2D eigenvalue weighted by atomic mass is 9.97. The highest BCUT2D eigenvalue weighted by Crippen LogP contribution is 2.35. The molecule has 1 aliphatic rings. The number of anilines is 1. The predicted molar refractivity (Wildman–Crippen MR) is 174 cm³/mol. The Labute approximate surface area is 266 Å². The minimum absolute atomic E-state index is 0.00859. The number of imidazole rings is 1. The number of carboxylic acids is 1. The fourth-order valence-corrected chi connectivity index (χ4v) is 6.06. The second-order valence-corrected chi connectivity index (χ2v) is 11.5. The maximum absolute atomic E-state index is 12.6. The third-order valence-electron chi connectivity index (χ3n) is 8.35. The van der Waals surface area contributed by atoms with Gasteiger partial charge in [-0.1, -0.05) is 66.7 Å². The molecule has 242 valence electrons. The molecule has 0 radical (unpaired) electrons. The number of carboxylic acid groups (broad SMARTS) is 1. The van der Waals surface area contributed by atoms with Crippen molar-refractivity contribution in [2.45, 2.75) is 31.6 Å². The zero-order chi connectivity index (χ0) is 33.3. The zero-order valence-electron chi connectivity index (χ0n) is 25.4. The van der Waals surface area contributed by atoms with Crippen LogP contribution in [0, 0.1) is 0 Å². The zero-order valence-corrected chi connectivity index (χ0v) is 25.4. The van der Waals surface area contributed by atoms with Crippen LogP contribution in [0.3, 0.4) is 0 Å². The molecule has 1 aliphatic heterocycles. The molecule has 7 rings (SSSR count). The van der Waals surface area contributed by atoms with E-state index in [9.17, 15) is 18.0 Å². The molecule has 4 N–H and O–H groups in total. The smallest absolute Gasteiger partial charge is 0.475 e. The number of rotatable bonds is 5. The molecular weight excluding hydrogens is 611 g/mol. The molecule has 0 spiro atoms. The molecule has 1 saturated heterocycles. The van der Waals surface area contributed by atoms with Gasteiger partial charge in [-0.3, -0.25) is 9.47 Å². The van der Waals surface area contributed by atoms with Crippen LogP contribution in [0.25, 0.3) is 44.5 Å². The van der Waals surface area contributed by atoms with Crippen LogP contribution in [0.15, 0.2) is 89.7 Å². The van der Waals surface area contributed by atoms with E-state index in [2.05, 4.69) is 57.4 Å². The summed E-state index contributed by atoms with van der Waals surface area (Å²) in [5, 5.41) is 12.4. The molecular formula is C34H32F3N7O3. The SMILES string of the molecule is Cn1nc(N)c2cc(-c3ccccc3)c(-c3ccc(CN4CCC(n5c(=O)[nH]c6ccccc65)CC4)cc3)nc21.O=C(O)C(F)(F)F. The van der Waals surface area contributed by atoms with Crippen LogP contribution in [0.2, 0.25) is 0 Å². The van der Waals surface area contributed by atoms with Crippen LogP contribution in [-0.4, -0.2) is 59.6 Å². The van der Waals surface area contributed by atoms with Crippen molar-refractivity contribution in [1.82, 2.24) is 29.2 Å². The van der Waals surface area contributed by atoms with E-state index in [0.29, 0.717) is 5.82 Å². The first-order valence-electron chi connectivity index (χ1n) is 15.0. The van der Waals surface area contributed by atoms with Gasteiger partial charge in [0.05, 0.1) is 22.1 Å². The van der Waals surface area contributed by atoms with Crippen molar-refractivity contribution in [3.05, 3.63) is 101 Å². The van der Waals surface area contributed by atoms with Crippen LogP contribution in [0.1, 0.15) is 24.4 Å². The normalized spacial score (nSPS) is 14.3. The van der Waals surface area contributed by atoms with Gasteiger partial charge < -0.3 is 15.8 Å². The molecule has 0 aliphatic carbocycles. The summed E-state index contributed by atoms with van der Waals surface area (Å²) in [6, 6.07) is 29.3. The quantitative estimate of drug-likeness (QED) is 0.210. The average Bonchev–Trinajstić information content (AvgIpc) is 3.55. The van der Waals surface area contributed by atoms with Crippen LogP contribution in [-0.2, 0) is 18.4 Å². The number of carbonyl (C=O) groups is 1. The Morgan fingerprint density at radius 2 is 1.62 bits per heavy atom. The van der Waals surface area contributed by atoms with E-state index >= 15 is 0 Å². The molecule has 0 unspecified atom stereocenters. The molecule has 0 bridgehead atoms. The third kappa shape index (κ3) is 6.61. The Hall–Kier alpha value is -5.43. The number of hydrogen-bond donors (Lipinski definition) is 3. The summed E-state index contributed by atoms with van der Waals surface area (Å²) in [6.45, 7) is 2.79. The minimum Gasteiger partial charge on any atom is -0.475 e. The lowest BCUT2D eigenvalue weighted by molar-refractivity contribution is -0.192. The number of benzene rings is 3. The van der Waals surface area contributed by atoms with E-state index in [1.165, 1.54) is 5.56 Å². The first-order valence-corrected chi connectivity index (χ1v) is 15.0. The van der Waals surface area contributed by atoms with Crippen molar-refractivity contribution < 1.29 is 23.1 Å². The van der Waals surface area contributed by atoms with Crippen LogP contribution < -0.4 is 11.4 Å². The average molecular weight is 644 g/mol. The number of piperidine rings is 1. The topological polar surface area (TPSA) is 135 Å². The Morgan fingerprint density at radius 1 is 0.979 bits per heavy atom. The Morgan fingerprint density at radius 3 is 2.28 bits per heavy atom. The number of nitrogens with zero attached hydrogens (tertiary/aromatic N) is 5. The number of H-pyrrole nitrogens is 1. The van der Waals surface area contributed by atoms with E-state index in [1.54, 1.807) is 4.68 Å². The summed E-state index contributed by atoms with van der Waals surface area (Å²) in [5.41, 5.74) is 14.2. The Bertz CT molecular complexity index is 2090. The van der Waals surface area contributed by atoms with E-state index < -0.39 is 12.1 Å². The number of fused-ring (bicyclic) bond motifs is 2. The predicted octanol–water partition coefficient (Wildman–Crippen LogP) is 6.00. The molecule has 0 saturated carbocycles. The van der Waals surface area contributed by atoms with Crippen LogP contribution in [0.5, 0.6) is 0 Å². The Kier molecular flexibility index (Phi) is 8.56. The van der Waals surface area contributed by atoms with Gasteiger partial charge in [-0.2, -0.15) is 18.3 Å². The number of likely N-dealkylation sites (tertiary alicyclic amines) is 1. The van der Waals surface area contributed by atoms with Crippen molar-refractivity contribution in [1.29, 1.82) is 0 Å². The van der Waals surface area contributed by atoms with Gasteiger partial charge in [0.2, 0.25) is 0 Å². The fraction of sp³-hybridized carbons (Fsp3) is 0.235. The van der Waals surface area contributed by atoms with E-state index in [1.807, 2.05) is 54.1 Å². The number of nitrogen functional groups attached to an aromatic ring is 1. The van der Waals surface area contributed by atoms with Gasteiger partial charge in [0.25, 0.3) is 0 Å². The largest absolute Gasteiger partial charge is 0.490 e. The van der Waals surface area contributed by atoms with Gasteiger partial charge in [-0.25, -0.2) is 19.3 Å². The summed E-state index contributed by atoms with van der Waals surface area (Å²) in [5.74, 6) is -2.27. The second-order valence-electron chi connectivity index (χ2n) is 11.5. The molecule has 6 aromatic rings. The summed E-state index contributed by atoms with van der Waals surface area (Å²) >= 11 is 0. The van der Waals surface area contributed by atoms with Crippen molar-refractivity contribution in [3.8, 4) is 22.4 Å². The molecule has 4 heterocycles. The standard InChI is InChI=1S/C32H31N7O.C2HF3O2/c1-37-31-26(30(33)36-37)19-25(22-7-3-2-4-8-22)29(35-31)23-13-11-21(12-14-23)20-38-17-15-24(16-18-38)39-28-10-6-5-9-27(28)34-32(39)40;3-2(4,5)1(6)7/h2-14,19,24H,15-18,20H2,1H3,(H2,33,36)(H,34,40);(H,6,7). The summed E-state index contributed by atoms with van der Waals surface area (Å²) in [7, 11) is 1.87. The number of aryl methyl sites for hydroxylation is 1. The summed E-state index contributed by atoms with van der Waals surface area (Å²) in [4.78, 5) is 32.0. The lowest BCUT2D eigenvalue weighted by Gasteiger charge is -2.32. The highest BCUT2D eigenvalue weighted by Gasteiger charge is 2.38. The Balaban J connectivity index is 0.000000499. The molecule has 1 fully saturated rings. The summed E-state index contributed by atoms with van der Waals surface area (Å²) in [6.07, 6.45) is -3.17. The third-order valence-corrected chi connectivity index (χ3v) is 8.35. The summed E-state index contributed by atoms with van der Waals surface area (Å²) < 4.78 is 35.4. The second kappa shape index (κ2) is 12.8.